The van der Waals surface area contributed by atoms with E-state index in [2.05, 4.69) is 48.5 Å². The average molecular weight is 1490 g/mol. The van der Waals surface area contributed by atoms with Crippen molar-refractivity contribution in [3.63, 3.8) is 0 Å². The smallest absolute Gasteiger partial charge is 0.462 e. The summed E-state index contributed by atoms with van der Waals surface area (Å²) in [5, 5.41) is 10.7. The Morgan fingerprint density at radius 1 is 0.284 bits per heavy atom. The number of carbonyl (C=O) groups excluding carboxylic acids is 4. The first-order valence-corrected chi connectivity index (χ1v) is 45.9. The van der Waals surface area contributed by atoms with Crippen LogP contribution in [0.2, 0.25) is 0 Å². The SMILES string of the molecule is CCCCCCCCCCCCCCCC(=O)OC[C@H](COP(=O)(O)OC[C@H](O)COP(=O)(O)OC[C@@H](COC(=O)CCCCCCCCCCCCCCCC(C)C)OC(=O)CCCCCCCCCCCCCCCCCCC(C)C)OC(=O)CCCCCCCCCCCCC(C)CC. The standard InChI is InChI=1S/C83H162O17P2/c1-8-10-11-12-13-14-15-21-28-36-43-50-57-64-80(85)93-71-79(100-83(88)67-60-53-46-39-32-31-35-42-49-56-63-76(7)9-2)73-98-102(91,92)96-69-77(84)68-95-101(89,90)97-72-78(70-94-81(86)65-58-51-44-37-29-25-20-23-27-34-41-48-55-62-75(5)6)99-82(87)66-59-52-45-38-30-24-19-17-16-18-22-26-33-40-47-54-61-74(3)4/h74-79,84H,8-73H2,1-7H3,(H,89,90)(H,91,92)/t76?,77-,78-,79-/m1/s1. The molecule has 0 aliphatic carbocycles. The number of hydrogen-bond donors (Lipinski definition) is 3. The number of unbranched alkanes of at least 4 members (excludes halogenated alkanes) is 48. The zero-order chi connectivity index (χ0) is 75.1. The molecule has 3 N–H and O–H groups in total. The Labute approximate surface area is 626 Å². The van der Waals surface area contributed by atoms with Gasteiger partial charge in [0.25, 0.3) is 0 Å². The molecule has 19 heteroatoms. The highest BCUT2D eigenvalue weighted by molar-refractivity contribution is 7.47. The minimum atomic E-state index is -4.96. The molecule has 0 aliphatic rings. The molecule has 0 saturated heterocycles. The summed E-state index contributed by atoms with van der Waals surface area (Å²) < 4.78 is 68.8. The number of carbonyl (C=O) groups is 4. The van der Waals surface area contributed by atoms with E-state index >= 15 is 0 Å². The van der Waals surface area contributed by atoms with Gasteiger partial charge in [0.15, 0.2) is 12.2 Å². The van der Waals surface area contributed by atoms with Crippen LogP contribution in [0.25, 0.3) is 0 Å². The highest BCUT2D eigenvalue weighted by atomic mass is 31.2. The van der Waals surface area contributed by atoms with Crippen molar-refractivity contribution in [2.75, 3.05) is 39.6 Å². The van der Waals surface area contributed by atoms with Crippen LogP contribution >= 0.6 is 15.6 Å². The van der Waals surface area contributed by atoms with Crippen LogP contribution in [0.1, 0.15) is 434 Å². The molecule has 0 aromatic carbocycles. The summed E-state index contributed by atoms with van der Waals surface area (Å²) in [4.78, 5) is 73.2. The van der Waals surface area contributed by atoms with Gasteiger partial charge in [-0.3, -0.25) is 37.3 Å². The fraction of sp³-hybridized carbons (Fsp3) is 0.952. The predicted molar refractivity (Wildman–Crippen MR) is 418 cm³/mol. The third-order valence-corrected chi connectivity index (χ3v) is 21.6. The van der Waals surface area contributed by atoms with Crippen molar-refractivity contribution in [1.82, 2.24) is 0 Å². The number of hydrogen-bond acceptors (Lipinski definition) is 15. The van der Waals surface area contributed by atoms with E-state index in [4.69, 9.17) is 37.0 Å². The highest BCUT2D eigenvalue weighted by Crippen LogP contribution is 2.45. The molecule has 0 amide bonds. The van der Waals surface area contributed by atoms with Gasteiger partial charge in [0.05, 0.1) is 26.4 Å². The van der Waals surface area contributed by atoms with E-state index in [1.165, 1.54) is 244 Å². The third kappa shape index (κ3) is 74.9. The normalized spacial score (nSPS) is 14.2. The molecule has 606 valence electrons. The van der Waals surface area contributed by atoms with E-state index in [1.807, 2.05) is 0 Å². The van der Waals surface area contributed by atoms with E-state index in [9.17, 15) is 43.2 Å². The molecule has 0 spiro atoms. The number of aliphatic hydroxyl groups excluding tert-OH is 1. The Bertz CT molecular complexity index is 1980. The van der Waals surface area contributed by atoms with Gasteiger partial charge in [0.1, 0.15) is 19.3 Å². The molecule has 3 unspecified atom stereocenters. The number of ether oxygens (including phenoxy) is 4. The minimum Gasteiger partial charge on any atom is -0.462 e. The number of phosphoric ester groups is 2. The summed E-state index contributed by atoms with van der Waals surface area (Å²) in [5.41, 5.74) is 0. The molecule has 6 atom stereocenters. The van der Waals surface area contributed by atoms with Gasteiger partial charge in [-0.05, 0) is 43.4 Å². The van der Waals surface area contributed by atoms with Crippen LogP contribution in [0, 0.1) is 17.8 Å². The molecule has 0 aromatic rings. The first-order chi connectivity index (χ1) is 49.3. The van der Waals surface area contributed by atoms with Crippen LogP contribution in [0.15, 0.2) is 0 Å². The van der Waals surface area contributed by atoms with Crippen LogP contribution in [-0.4, -0.2) is 96.7 Å². The molecular weight excluding hydrogens is 1330 g/mol. The monoisotopic (exact) mass is 1490 g/mol. The number of esters is 4. The van der Waals surface area contributed by atoms with Crippen LogP contribution in [0.4, 0.5) is 0 Å². The summed E-state index contributed by atoms with van der Waals surface area (Å²) in [6.07, 6.45) is 62.2. The van der Waals surface area contributed by atoms with Crippen molar-refractivity contribution in [2.24, 2.45) is 17.8 Å². The van der Waals surface area contributed by atoms with Crippen LogP contribution in [0.5, 0.6) is 0 Å². The van der Waals surface area contributed by atoms with Crippen molar-refractivity contribution in [2.45, 2.75) is 452 Å². The van der Waals surface area contributed by atoms with E-state index in [0.29, 0.717) is 25.7 Å². The second-order valence-electron chi connectivity index (χ2n) is 31.1. The molecule has 17 nitrogen and oxygen atoms in total. The third-order valence-electron chi connectivity index (χ3n) is 19.7. The second kappa shape index (κ2) is 73.2. The van der Waals surface area contributed by atoms with E-state index in [0.717, 1.165) is 108 Å². The lowest BCUT2D eigenvalue weighted by Gasteiger charge is -2.21. The maximum absolute atomic E-state index is 13.1. The molecule has 0 saturated carbocycles. The van der Waals surface area contributed by atoms with E-state index in [-0.39, 0.29) is 25.7 Å². The molecule has 0 aliphatic heterocycles. The molecule has 0 aromatic heterocycles. The Kier molecular flexibility index (Phi) is 71.8. The number of aliphatic hydroxyl groups is 1. The predicted octanol–water partition coefficient (Wildman–Crippen LogP) is 24.9. The molecule has 102 heavy (non-hydrogen) atoms. The summed E-state index contributed by atoms with van der Waals surface area (Å²) in [6, 6.07) is 0. The molecule has 0 fully saturated rings. The lowest BCUT2D eigenvalue weighted by atomic mass is 9.99. The van der Waals surface area contributed by atoms with Gasteiger partial charge in [-0.25, -0.2) is 9.13 Å². The topological polar surface area (TPSA) is 237 Å². The van der Waals surface area contributed by atoms with Crippen LogP contribution in [-0.2, 0) is 65.4 Å². The molecule has 0 rings (SSSR count). The van der Waals surface area contributed by atoms with E-state index in [1.54, 1.807) is 0 Å². The zero-order valence-electron chi connectivity index (χ0n) is 67.1. The summed E-state index contributed by atoms with van der Waals surface area (Å²) in [6.45, 7) is 12.0. The van der Waals surface area contributed by atoms with Gasteiger partial charge < -0.3 is 33.8 Å². The zero-order valence-corrected chi connectivity index (χ0v) is 68.9. The molecule has 0 radical (unpaired) electrons. The molecule has 0 heterocycles. The fourth-order valence-electron chi connectivity index (χ4n) is 12.8. The van der Waals surface area contributed by atoms with Crippen LogP contribution in [0.3, 0.4) is 0 Å². The largest absolute Gasteiger partial charge is 0.472 e. The minimum absolute atomic E-state index is 0.107. The first kappa shape index (κ1) is 100. The number of rotatable bonds is 81. The Hall–Kier alpha value is -1.94. The summed E-state index contributed by atoms with van der Waals surface area (Å²) >= 11 is 0. The van der Waals surface area contributed by atoms with Crippen molar-refractivity contribution in [3.05, 3.63) is 0 Å². The highest BCUT2D eigenvalue weighted by Gasteiger charge is 2.30. The van der Waals surface area contributed by atoms with Crippen molar-refractivity contribution in [3.8, 4) is 0 Å². The number of phosphoric acid groups is 2. The molecule has 0 bridgehead atoms. The van der Waals surface area contributed by atoms with Gasteiger partial charge >= 0.3 is 39.5 Å². The lowest BCUT2D eigenvalue weighted by Crippen LogP contribution is -2.30. The van der Waals surface area contributed by atoms with Crippen molar-refractivity contribution in [1.29, 1.82) is 0 Å². The van der Waals surface area contributed by atoms with Gasteiger partial charge in [-0.1, -0.05) is 382 Å². The van der Waals surface area contributed by atoms with Crippen LogP contribution < -0.4 is 0 Å². The Morgan fingerprint density at radius 2 is 0.500 bits per heavy atom. The Balaban J connectivity index is 5.27. The fourth-order valence-corrected chi connectivity index (χ4v) is 14.4. The maximum atomic E-state index is 13.1. The second-order valence-corrected chi connectivity index (χ2v) is 34.0. The van der Waals surface area contributed by atoms with Crippen molar-refractivity contribution < 1.29 is 80.2 Å². The van der Waals surface area contributed by atoms with Gasteiger partial charge in [-0.15, -0.1) is 0 Å². The first-order valence-electron chi connectivity index (χ1n) is 42.9. The Morgan fingerprint density at radius 3 is 0.745 bits per heavy atom. The summed E-state index contributed by atoms with van der Waals surface area (Å²) in [7, 11) is -9.93. The lowest BCUT2D eigenvalue weighted by molar-refractivity contribution is -0.161. The summed E-state index contributed by atoms with van der Waals surface area (Å²) in [5.74, 6) is 0.297. The van der Waals surface area contributed by atoms with Crippen molar-refractivity contribution >= 4 is 39.5 Å². The van der Waals surface area contributed by atoms with Gasteiger partial charge in [0.2, 0.25) is 0 Å². The maximum Gasteiger partial charge on any atom is 0.472 e. The van der Waals surface area contributed by atoms with Gasteiger partial charge in [0, 0.05) is 25.7 Å². The average Bonchev–Trinajstić information content (AvgIpc) is 0.938. The van der Waals surface area contributed by atoms with E-state index < -0.39 is 97.5 Å². The quantitative estimate of drug-likeness (QED) is 0.0222. The molecular formula is C83H162O17P2. The van der Waals surface area contributed by atoms with Gasteiger partial charge in [-0.2, -0.15) is 0 Å².